The molecule has 0 spiro atoms. The zero-order valence-electron chi connectivity index (χ0n) is 10.1. The lowest BCUT2D eigenvalue weighted by Gasteiger charge is -2.30. The Bertz CT molecular complexity index is 302. The van der Waals surface area contributed by atoms with E-state index in [1.807, 2.05) is 6.92 Å². The molecule has 0 bridgehead atoms. The van der Waals surface area contributed by atoms with Gasteiger partial charge in [0.2, 0.25) is 11.8 Å². The maximum atomic E-state index is 11.4. The van der Waals surface area contributed by atoms with E-state index in [1.54, 1.807) is 0 Å². The summed E-state index contributed by atoms with van der Waals surface area (Å²) in [5.41, 5.74) is 0. The zero-order chi connectivity index (χ0) is 12.3. The van der Waals surface area contributed by atoms with E-state index >= 15 is 0 Å². The summed E-state index contributed by atoms with van der Waals surface area (Å²) in [7, 11) is 0. The molecule has 6 nitrogen and oxygen atoms in total. The van der Waals surface area contributed by atoms with Gasteiger partial charge >= 0.3 is 0 Å². The molecular weight excluding hydrogens is 222 g/mol. The Morgan fingerprint density at radius 3 is 2.76 bits per heavy atom. The van der Waals surface area contributed by atoms with Crippen LogP contribution in [0.3, 0.4) is 0 Å². The van der Waals surface area contributed by atoms with Crippen molar-refractivity contribution in [1.29, 1.82) is 0 Å². The number of amides is 2. The Kier molecular flexibility index (Phi) is 4.09. The number of ether oxygens (including phenoxy) is 1. The smallest absolute Gasteiger partial charge is 0.244 e. The van der Waals surface area contributed by atoms with E-state index < -0.39 is 0 Å². The van der Waals surface area contributed by atoms with E-state index in [-0.39, 0.29) is 30.3 Å². The van der Waals surface area contributed by atoms with Crippen LogP contribution in [-0.4, -0.2) is 61.6 Å². The van der Waals surface area contributed by atoms with Crippen LogP contribution in [0.2, 0.25) is 0 Å². The minimum atomic E-state index is -0.362. The van der Waals surface area contributed by atoms with Crippen LogP contribution in [0, 0.1) is 0 Å². The molecule has 2 saturated heterocycles. The van der Waals surface area contributed by atoms with Crippen LogP contribution in [0.1, 0.15) is 13.3 Å². The van der Waals surface area contributed by atoms with Gasteiger partial charge in [-0.05, 0) is 6.92 Å². The number of nitrogens with one attached hydrogen (secondary N) is 2. The van der Waals surface area contributed by atoms with Crippen molar-refractivity contribution < 1.29 is 14.3 Å². The Balaban J connectivity index is 1.74. The Morgan fingerprint density at radius 2 is 2.18 bits per heavy atom. The van der Waals surface area contributed by atoms with Gasteiger partial charge in [0.1, 0.15) is 0 Å². The predicted molar refractivity (Wildman–Crippen MR) is 61.4 cm³/mol. The van der Waals surface area contributed by atoms with Crippen LogP contribution in [0.15, 0.2) is 0 Å². The summed E-state index contributed by atoms with van der Waals surface area (Å²) >= 11 is 0. The van der Waals surface area contributed by atoms with Crippen LogP contribution < -0.4 is 10.6 Å². The van der Waals surface area contributed by atoms with Crippen LogP contribution in [-0.2, 0) is 14.3 Å². The van der Waals surface area contributed by atoms with E-state index in [9.17, 15) is 9.59 Å². The molecule has 2 aliphatic rings. The first-order chi connectivity index (χ1) is 8.15. The molecule has 17 heavy (non-hydrogen) atoms. The van der Waals surface area contributed by atoms with Gasteiger partial charge in [0.15, 0.2) is 0 Å². The molecule has 2 fully saturated rings. The summed E-state index contributed by atoms with van der Waals surface area (Å²) in [5, 5.41) is 5.49. The van der Waals surface area contributed by atoms with Gasteiger partial charge in [0.25, 0.3) is 0 Å². The molecule has 0 radical (unpaired) electrons. The van der Waals surface area contributed by atoms with Crippen LogP contribution in [0.5, 0.6) is 0 Å². The van der Waals surface area contributed by atoms with Crippen molar-refractivity contribution in [3.8, 4) is 0 Å². The monoisotopic (exact) mass is 241 g/mol. The Morgan fingerprint density at radius 1 is 1.47 bits per heavy atom. The Labute approximate surface area is 101 Å². The van der Waals surface area contributed by atoms with Gasteiger partial charge < -0.3 is 10.1 Å². The maximum Gasteiger partial charge on any atom is 0.244 e. The summed E-state index contributed by atoms with van der Waals surface area (Å²) in [6.45, 7) is 6.32. The van der Waals surface area contributed by atoms with Crippen molar-refractivity contribution >= 4 is 11.8 Å². The third-order valence-electron chi connectivity index (χ3n) is 3.09. The van der Waals surface area contributed by atoms with Crippen molar-refractivity contribution in [1.82, 2.24) is 15.5 Å². The van der Waals surface area contributed by atoms with Crippen molar-refractivity contribution in [2.75, 3.05) is 32.8 Å². The number of carbonyl (C=O) groups excluding carboxylic acids is 2. The predicted octanol–water partition coefficient (Wildman–Crippen LogP) is -1.29. The first-order valence-corrected chi connectivity index (χ1v) is 6.05. The summed E-state index contributed by atoms with van der Waals surface area (Å²) < 4.78 is 5.27. The molecule has 0 aromatic heterocycles. The molecular formula is C11H19N3O3. The van der Waals surface area contributed by atoms with Gasteiger partial charge in [-0.25, -0.2) is 0 Å². The fourth-order valence-electron chi connectivity index (χ4n) is 2.26. The standard InChI is InChI=1S/C11H19N3O3/c1-8(7-14-2-4-17-5-3-14)12-9-6-10(15)13-11(9)16/h8-9,12H,2-7H2,1H3,(H,13,15,16). The van der Waals surface area contributed by atoms with Crippen LogP contribution in [0.25, 0.3) is 0 Å². The third-order valence-corrected chi connectivity index (χ3v) is 3.09. The van der Waals surface area contributed by atoms with Crippen molar-refractivity contribution in [3.63, 3.8) is 0 Å². The fourth-order valence-corrected chi connectivity index (χ4v) is 2.26. The summed E-state index contributed by atoms with van der Waals surface area (Å²) in [5.74, 6) is -0.394. The molecule has 2 amide bonds. The van der Waals surface area contributed by atoms with Gasteiger partial charge in [0, 0.05) is 25.7 Å². The second kappa shape index (κ2) is 5.57. The third kappa shape index (κ3) is 3.49. The molecule has 2 rings (SSSR count). The lowest BCUT2D eigenvalue weighted by molar-refractivity contribution is -0.125. The van der Waals surface area contributed by atoms with Gasteiger partial charge in [0.05, 0.1) is 25.7 Å². The van der Waals surface area contributed by atoms with Gasteiger partial charge in [-0.2, -0.15) is 0 Å². The molecule has 0 aromatic carbocycles. The average molecular weight is 241 g/mol. The Hall–Kier alpha value is -0.980. The van der Waals surface area contributed by atoms with E-state index in [0.717, 1.165) is 32.8 Å². The molecule has 0 aliphatic carbocycles. The quantitative estimate of drug-likeness (QED) is 0.599. The number of imide groups is 1. The molecule has 2 atom stereocenters. The number of nitrogens with zero attached hydrogens (tertiary/aromatic N) is 1. The zero-order valence-corrected chi connectivity index (χ0v) is 10.1. The number of carbonyl (C=O) groups is 2. The molecule has 2 unspecified atom stereocenters. The number of hydrogen-bond acceptors (Lipinski definition) is 5. The van der Waals surface area contributed by atoms with Crippen LogP contribution in [0.4, 0.5) is 0 Å². The highest BCUT2D eigenvalue weighted by Crippen LogP contribution is 2.04. The first-order valence-electron chi connectivity index (χ1n) is 6.05. The topological polar surface area (TPSA) is 70.7 Å². The second-order valence-electron chi connectivity index (χ2n) is 4.65. The summed E-state index contributed by atoms with van der Waals surface area (Å²) in [4.78, 5) is 24.7. The second-order valence-corrected chi connectivity index (χ2v) is 4.65. The molecule has 96 valence electrons. The largest absolute Gasteiger partial charge is 0.379 e. The molecule has 0 saturated carbocycles. The van der Waals surface area contributed by atoms with E-state index in [0.29, 0.717) is 0 Å². The van der Waals surface area contributed by atoms with Crippen molar-refractivity contribution in [2.45, 2.75) is 25.4 Å². The van der Waals surface area contributed by atoms with Gasteiger partial charge in [-0.1, -0.05) is 0 Å². The van der Waals surface area contributed by atoms with Gasteiger partial charge in [-0.15, -0.1) is 0 Å². The van der Waals surface area contributed by atoms with E-state index in [2.05, 4.69) is 15.5 Å². The van der Waals surface area contributed by atoms with Crippen molar-refractivity contribution in [3.05, 3.63) is 0 Å². The molecule has 2 N–H and O–H groups in total. The minimum absolute atomic E-state index is 0.189. The molecule has 2 heterocycles. The highest BCUT2D eigenvalue weighted by atomic mass is 16.5. The van der Waals surface area contributed by atoms with E-state index in [4.69, 9.17) is 4.74 Å². The van der Waals surface area contributed by atoms with Crippen molar-refractivity contribution in [2.24, 2.45) is 0 Å². The lowest BCUT2D eigenvalue weighted by atomic mass is 10.2. The highest BCUT2D eigenvalue weighted by Gasteiger charge is 2.31. The normalized spacial score (nSPS) is 28.2. The fraction of sp³-hybridized carbons (Fsp3) is 0.818. The number of rotatable bonds is 4. The van der Waals surface area contributed by atoms with Gasteiger partial charge in [-0.3, -0.25) is 19.8 Å². The number of hydrogen-bond donors (Lipinski definition) is 2. The summed E-state index contributed by atoms with van der Waals surface area (Å²) in [6, 6.07) is -0.173. The first kappa shape index (κ1) is 12.5. The average Bonchev–Trinajstić information content (AvgIpc) is 2.58. The summed E-state index contributed by atoms with van der Waals surface area (Å²) in [6.07, 6.45) is 0.256. The molecule has 6 heteroatoms. The minimum Gasteiger partial charge on any atom is -0.379 e. The molecule has 2 aliphatic heterocycles. The highest BCUT2D eigenvalue weighted by molar-refractivity contribution is 6.05. The number of morpholine rings is 1. The van der Waals surface area contributed by atoms with E-state index in [1.165, 1.54) is 0 Å². The maximum absolute atomic E-state index is 11.4. The SMILES string of the molecule is CC(CN1CCOCC1)NC1CC(=O)NC1=O. The lowest BCUT2D eigenvalue weighted by Crippen LogP contribution is -2.48. The molecule has 0 aromatic rings. The van der Waals surface area contributed by atoms with Crippen LogP contribution >= 0.6 is 0 Å².